The van der Waals surface area contributed by atoms with Gasteiger partial charge in [-0.15, -0.1) is 0 Å². The molecule has 0 saturated heterocycles. The molecule has 6 heteroatoms. The molecule has 0 spiro atoms. The van der Waals surface area contributed by atoms with Gasteiger partial charge in [0.2, 0.25) is 0 Å². The van der Waals surface area contributed by atoms with E-state index in [1.807, 2.05) is 60.7 Å². The van der Waals surface area contributed by atoms with Gasteiger partial charge in [-0.05, 0) is 106 Å². The van der Waals surface area contributed by atoms with Crippen molar-refractivity contribution in [3.63, 3.8) is 0 Å². The quantitative estimate of drug-likeness (QED) is 0.139. The van der Waals surface area contributed by atoms with Crippen LogP contribution in [0.3, 0.4) is 0 Å². The van der Waals surface area contributed by atoms with Crippen molar-refractivity contribution in [1.29, 1.82) is 0 Å². The van der Waals surface area contributed by atoms with Crippen molar-refractivity contribution < 1.29 is 0 Å². The van der Waals surface area contributed by atoms with E-state index in [2.05, 4.69) is 118 Å². The van der Waals surface area contributed by atoms with Crippen molar-refractivity contribution in [1.82, 2.24) is 0 Å². The van der Waals surface area contributed by atoms with Crippen LogP contribution in [0, 0.1) is 0 Å². The van der Waals surface area contributed by atoms with E-state index in [1.54, 1.807) is 0 Å². The molecule has 0 atom stereocenters. The summed E-state index contributed by atoms with van der Waals surface area (Å²) < 4.78 is 0. The van der Waals surface area contributed by atoms with Crippen LogP contribution in [0.25, 0.3) is 11.1 Å². The van der Waals surface area contributed by atoms with E-state index < -0.39 is 5.41 Å². The van der Waals surface area contributed by atoms with Crippen LogP contribution >= 0.6 is 24.4 Å². The third-order valence-corrected chi connectivity index (χ3v) is 8.58. The zero-order chi connectivity index (χ0) is 30.6. The predicted molar refractivity (Wildman–Crippen MR) is 196 cm³/mol. The highest BCUT2D eigenvalue weighted by Crippen LogP contribution is 2.56. The van der Waals surface area contributed by atoms with Gasteiger partial charge in [0.1, 0.15) is 0 Å². The average Bonchev–Trinajstić information content (AvgIpc) is 3.37. The lowest BCUT2D eigenvalue weighted by atomic mass is 9.67. The summed E-state index contributed by atoms with van der Waals surface area (Å²) in [5, 5.41) is 14.3. The molecule has 0 aliphatic heterocycles. The van der Waals surface area contributed by atoms with Gasteiger partial charge in [0.25, 0.3) is 0 Å². The first-order valence-electron chi connectivity index (χ1n) is 14.8. The molecule has 1 aliphatic rings. The van der Waals surface area contributed by atoms with E-state index in [4.69, 9.17) is 24.4 Å². The third-order valence-electron chi connectivity index (χ3n) is 8.17. The number of fused-ring (bicyclic) bond motifs is 3. The van der Waals surface area contributed by atoms with E-state index in [0.717, 1.165) is 22.7 Å². The van der Waals surface area contributed by atoms with Crippen molar-refractivity contribution in [2.75, 3.05) is 21.3 Å². The summed E-state index contributed by atoms with van der Waals surface area (Å²) in [6, 6.07) is 54.5. The molecule has 0 amide bonds. The van der Waals surface area contributed by atoms with Crippen LogP contribution in [0.15, 0.2) is 158 Å². The van der Waals surface area contributed by atoms with Crippen molar-refractivity contribution in [2.24, 2.45) is 0 Å². The molecule has 4 nitrogen and oxygen atoms in total. The molecule has 1 aliphatic carbocycles. The van der Waals surface area contributed by atoms with Crippen LogP contribution < -0.4 is 21.3 Å². The van der Waals surface area contributed by atoms with E-state index in [-0.39, 0.29) is 0 Å². The maximum absolute atomic E-state index is 5.60. The minimum Gasteiger partial charge on any atom is -0.332 e. The second kappa shape index (κ2) is 12.4. The second-order valence-electron chi connectivity index (χ2n) is 10.9. The Balaban J connectivity index is 1.24. The highest BCUT2D eigenvalue weighted by Gasteiger charge is 2.45. The molecule has 0 fully saturated rings. The lowest BCUT2D eigenvalue weighted by Gasteiger charge is -2.34. The van der Waals surface area contributed by atoms with Gasteiger partial charge in [-0.2, -0.15) is 0 Å². The molecule has 0 unspecified atom stereocenters. The summed E-state index contributed by atoms with van der Waals surface area (Å²) in [4.78, 5) is 0. The Kier molecular flexibility index (Phi) is 7.82. The maximum atomic E-state index is 5.60. The Hall–Kier alpha value is -5.30. The minimum absolute atomic E-state index is 0.504. The SMILES string of the molecule is S=C(Nc1ccccc1)Nc1ccc(C2(c3ccc(NC(=S)Nc4ccccc4)cc3)c3ccccc3-c3ccccc32)cc1. The Labute approximate surface area is 274 Å². The van der Waals surface area contributed by atoms with Crippen molar-refractivity contribution in [3.05, 3.63) is 180 Å². The highest BCUT2D eigenvalue weighted by molar-refractivity contribution is 7.81. The van der Waals surface area contributed by atoms with Crippen molar-refractivity contribution in [2.45, 2.75) is 5.41 Å². The second-order valence-corrected chi connectivity index (χ2v) is 11.7. The minimum atomic E-state index is -0.504. The fourth-order valence-electron chi connectivity index (χ4n) is 6.26. The largest absolute Gasteiger partial charge is 0.332 e. The standard InChI is InChI=1S/C39H30N4S2/c44-37(40-29-11-3-1-4-12-29)42-31-23-19-27(20-24-31)39(35-17-9-7-15-33(35)34-16-8-10-18-36(34)39)28-21-25-32(26-22-28)43-38(45)41-30-13-5-2-6-14-30/h1-26H,(H2,40,42,44)(H2,41,43,45). The summed E-state index contributed by atoms with van der Waals surface area (Å²) >= 11 is 11.2. The number of benzene rings is 6. The molecule has 7 rings (SSSR count). The van der Waals surface area contributed by atoms with E-state index >= 15 is 0 Å². The van der Waals surface area contributed by atoms with Crippen LogP contribution in [0.1, 0.15) is 22.3 Å². The zero-order valence-corrected chi connectivity index (χ0v) is 26.0. The Morgan fingerprint density at radius 2 is 0.667 bits per heavy atom. The first kappa shape index (κ1) is 28.5. The van der Waals surface area contributed by atoms with Crippen LogP contribution in [-0.4, -0.2) is 10.2 Å². The van der Waals surface area contributed by atoms with Crippen molar-refractivity contribution in [3.8, 4) is 11.1 Å². The number of rotatable bonds is 6. The number of thiocarbonyl (C=S) groups is 2. The average molecular weight is 619 g/mol. The lowest BCUT2D eigenvalue weighted by Crippen LogP contribution is -2.28. The van der Waals surface area contributed by atoms with E-state index in [0.29, 0.717) is 10.2 Å². The molecule has 218 valence electrons. The van der Waals surface area contributed by atoms with Crippen LogP contribution in [0.2, 0.25) is 0 Å². The van der Waals surface area contributed by atoms with Gasteiger partial charge < -0.3 is 21.3 Å². The molecule has 0 bridgehead atoms. The van der Waals surface area contributed by atoms with Crippen LogP contribution in [0.4, 0.5) is 22.7 Å². The van der Waals surface area contributed by atoms with Gasteiger partial charge in [-0.1, -0.05) is 109 Å². The van der Waals surface area contributed by atoms with Gasteiger partial charge >= 0.3 is 0 Å². The molecular formula is C39H30N4S2. The van der Waals surface area contributed by atoms with Crippen LogP contribution in [-0.2, 0) is 5.41 Å². The fraction of sp³-hybridized carbons (Fsp3) is 0.0256. The number of anilines is 4. The Morgan fingerprint density at radius 1 is 0.356 bits per heavy atom. The number of hydrogen-bond donors (Lipinski definition) is 4. The fourth-order valence-corrected chi connectivity index (χ4v) is 6.73. The molecule has 45 heavy (non-hydrogen) atoms. The zero-order valence-electron chi connectivity index (χ0n) is 24.3. The summed E-state index contributed by atoms with van der Waals surface area (Å²) in [6.07, 6.45) is 0. The molecule has 0 aromatic heterocycles. The topological polar surface area (TPSA) is 48.1 Å². The maximum Gasteiger partial charge on any atom is 0.175 e. The molecule has 0 saturated carbocycles. The molecule has 0 heterocycles. The first-order chi connectivity index (χ1) is 22.1. The van der Waals surface area contributed by atoms with Gasteiger partial charge in [0.15, 0.2) is 10.2 Å². The van der Waals surface area contributed by atoms with Crippen LogP contribution in [0.5, 0.6) is 0 Å². The van der Waals surface area contributed by atoms with Gasteiger partial charge in [0, 0.05) is 22.7 Å². The molecular weight excluding hydrogens is 589 g/mol. The van der Waals surface area contributed by atoms with Crippen molar-refractivity contribution >= 4 is 57.4 Å². The first-order valence-corrected chi connectivity index (χ1v) is 15.6. The summed E-state index contributed by atoms with van der Waals surface area (Å²) in [7, 11) is 0. The number of para-hydroxylation sites is 2. The normalized spacial score (nSPS) is 12.4. The van der Waals surface area contributed by atoms with Gasteiger partial charge in [-0.3, -0.25) is 0 Å². The predicted octanol–water partition coefficient (Wildman–Crippen LogP) is 9.67. The smallest absolute Gasteiger partial charge is 0.175 e. The third kappa shape index (κ3) is 5.57. The summed E-state index contributed by atoms with van der Waals surface area (Å²) in [6.45, 7) is 0. The van der Waals surface area contributed by atoms with E-state index in [9.17, 15) is 0 Å². The van der Waals surface area contributed by atoms with Gasteiger partial charge in [0.05, 0.1) is 5.41 Å². The highest BCUT2D eigenvalue weighted by atomic mass is 32.1. The Bertz CT molecular complexity index is 1830. The number of hydrogen-bond acceptors (Lipinski definition) is 2. The summed E-state index contributed by atoms with van der Waals surface area (Å²) in [5.41, 5.74) is 10.6. The summed E-state index contributed by atoms with van der Waals surface area (Å²) in [5.74, 6) is 0. The molecule has 6 aromatic rings. The Morgan fingerprint density at radius 3 is 1.04 bits per heavy atom. The molecule has 0 radical (unpaired) electrons. The monoisotopic (exact) mass is 618 g/mol. The molecule has 6 aromatic carbocycles. The number of nitrogens with one attached hydrogen (secondary N) is 4. The van der Waals surface area contributed by atoms with E-state index in [1.165, 1.54) is 33.4 Å². The molecule has 4 N–H and O–H groups in total. The van der Waals surface area contributed by atoms with Gasteiger partial charge in [-0.25, -0.2) is 0 Å². The lowest BCUT2D eigenvalue weighted by molar-refractivity contribution is 0.769.